The molecule has 0 atom stereocenters. The molecule has 1 saturated carbocycles. The van der Waals surface area contributed by atoms with Crippen molar-refractivity contribution in [3.05, 3.63) is 17.8 Å². The number of hydrogen-bond donors (Lipinski definition) is 1. The van der Waals surface area contributed by atoms with Gasteiger partial charge in [0.25, 0.3) is 0 Å². The van der Waals surface area contributed by atoms with E-state index >= 15 is 0 Å². The molecule has 0 saturated heterocycles. The van der Waals surface area contributed by atoms with Crippen LogP contribution in [0.1, 0.15) is 71.9 Å². The standard InChI is InChI=1S/C20H30N4O/c1-6-19(4,7-2)13-16(25)23-18-22-15-10-9-14(3)21-17(15)24(18)20(5)11-8-12-20/h9-10H,6-8,11-13H2,1-5H3,(H,22,23,25). The molecule has 0 radical (unpaired) electrons. The van der Waals surface area contributed by atoms with E-state index in [0.717, 1.165) is 42.5 Å². The Hall–Kier alpha value is -1.91. The van der Waals surface area contributed by atoms with Crippen LogP contribution in [0.5, 0.6) is 0 Å². The summed E-state index contributed by atoms with van der Waals surface area (Å²) in [4.78, 5) is 22.1. The highest BCUT2D eigenvalue weighted by Crippen LogP contribution is 2.42. The smallest absolute Gasteiger partial charge is 0.227 e. The number of nitrogens with one attached hydrogen (secondary N) is 1. The van der Waals surface area contributed by atoms with Crippen molar-refractivity contribution in [2.75, 3.05) is 5.32 Å². The summed E-state index contributed by atoms with van der Waals surface area (Å²) < 4.78 is 2.16. The van der Waals surface area contributed by atoms with Gasteiger partial charge in [0.05, 0.1) is 0 Å². The number of pyridine rings is 1. The van der Waals surface area contributed by atoms with Gasteiger partial charge in [0.1, 0.15) is 5.52 Å². The summed E-state index contributed by atoms with van der Waals surface area (Å²) in [7, 11) is 0. The van der Waals surface area contributed by atoms with Gasteiger partial charge in [-0.15, -0.1) is 0 Å². The molecule has 0 spiro atoms. The molecule has 0 bridgehead atoms. The summed E-state index contributed by atoms with van der Waals surface area (Å²) >= 11 is 0. The maximum Gasteiger partial charge on any atom is 0.227 e. The summed E-state index contributed by atoms with van der Waals surface area (Å²) in [5.74, 6) is 0.692. The van der Waals surface area contributed by atoms with Crippen LogP contribution in [0.15, 0.2) is 12.1 Å². The predicted octanol–water partition coefficient (Wildman–Crippen LogP) is 4.79. The molecule has 1 N–H and O–H groups in total. The van der Waals surface area contributed by atoms with Crippen LogP contribution in [-0.4, -0.2) is 20.4 Å². The fourth-order valence-corrected chi connectivity index (χ4v) is 3.62. The summed E-state index contributed by atoms with van der Waals surface area (Å²) in [6.45, 7) is 10.7. The van der Waals surface area contributed by atoms with E-state index in [2.05, 4.69) is 37.6 Å². The van der Waals surface area contributed by atoms with Crippen molar-refractivity contribution in [1.29, 1.82) is 0 Å². The van der Waals surface area contributed by atoms with Crippen LogP contribution in [0.2, 0.25) is 0 Å². The first-order chi connectivity index (χ1) is 11.8. The SMILES string of the molecule is CCC(C)(CC)CC(=O)Nc1nc2ccc(C)nc2n1C1(C)CCC1. The lowest BCUT2D eigenvalue weighted by atomic mass is 9.78. The largest absolute Gasteiger partial charge is 0.296 e. The van der Waals surface area contributed by atoms with Gasteiger partial charge >= 0.3 is 0 Å². The van der Waals surface area contributed by atoms with Gasteiger partial charge < -0.3 is 0 Å². The Labute approximate surface area is 150 Å². The van der Waals surface area contributed by atoms with E-state index in [1.54, 1.807) is 0 Å². The zero-order chi connectivity index (χ0) is 18.2. The number of anilines is 1. The van der Waals surface area contributed by atoms with Crippen molar-refractivity contribution >= 4 is 23.0 Å². The lowest BCUT2D eigenvalue weighted by Crippen LogP contribution is -2.38. The van der Waals surface area contributed by atoms with Crippen LogP contribution in [0.3, 0.4) is 0 Å². The number of hydrogen-bond acceptors (Lipinski definition) is 3. The van der Waals surface area contributed by atoms with E-state index in [-0.39, 0.29) is 16.9 Å². The molecule has 1 aliphatic carbocycles. The number of fused-ring (bicyclic) bond motifs is 1. The predicted molar refractivity (Wildman–Crippen MR) is 102 cm³/mol. The van der Waals surface area contributed by atoms with Gasteiger partial charge in [-0.25, -0.2) is 9.97 Å². The first-order valence-electron chi connectivity index (χ1n) is 9.47. The van der Waals surface area contributed by atoms with E-state index in [1.807, 2.05) is 19.1 Å². The summed E-state index contributed by atoms with van der Waals surface area (Å²) in [6.07, 6.45) is 5.90. The molecule has 0 aromatic carbocycles. The highest BCUT2D eigenvalue weighted by Gasteiger charge is 2.38. The molecule has 1 amide bonds. The van der Waals surface area contributed by atoms with Gasteiger partial charge in [-0.2, -0.15) is 0 Å². The number of rotatable bonds is 6. The van der Waals surface area contributed by atoms with Crippen molar-refractivity contribution in [2.24, 2.45) is 5.41 Å². The molecule has 1 aliphatic rings. The molecule has 2 heterocycles. The third kappa shape index (κ3) is 3.29. The summed E-state index contributed by atoms with van der Waals surface area (Å²) in [5.41, 5.74) is 2.74. The van der Waals surface area contributed by atoms with E-state index in [1.165, 1.54) is 6.42 Å². The first-order valence-corrected chi connectivity index (χ1v) is 9.47. The monoisotopic (exact) mass is 342 g/mol. The number of carbonyl (C=O) groups excluding carboxylic acids is 1. The molecule has 5 heteroatoms. The molecule has 136 valence electrons. The molecular formula is C20H30N4O. The van der Waals surface area contributed by atoms with E-state index in [9.17, 15) is 4.79 Å². The van der Waals surface area contributed by atoms with Crippen molar-refractivity contribution in [1.82, 2.24) is 14.5 Å². The van der Waals surface area contributed by atoms with Crippen molar-refractivity contribution in [3.63, 3.8) is 0 Å². The van der Waals surface area contributed by atoms with Gasteiger partial charge in [0, 0.05) is 17.7 Å². The summed E-state index contributed by atoms with van der Waals surface area (Å²) in [5, 5.41) is 3.09. The maximum absolute atomic E-state index is 12.7. The Bertz CT molecular complexity index is 784. The van der Waals surface area contributed by atoms with Gasteiger partial charge in [-0.3, -0.25) is 14.7 Å². The van der Waals surface area contributed by atoms with Crippen LogP contribution in [0.25, 0.3) is 11.2 Å². The van der Waals surface area contributed by atoms with Crippen LogP contribution in [0.4, 0.5) is 5.95 Å². The van der Waals surface area contributed by atoms with E-state index in [4.69, 9.17) is 9.97 Å². The van der Waals surface area contributed by atoms with Crippen LogP contribution in [0, 0.1) is 12.3 Å². The third-order valence-electron chi connectivity index (χ3n) is 6.16. The number of carbonyl (C=O) groups is 1. The maximum atomic E-state index is 12.7. The van der Waals surface area contributed by atoms with E-state index in [0.29, 0.717) is 12.4 Å². The minimum Gasteiger partial charge on any atom is -0.296 e. The van der Waals surface area contributed by atoms with Crippen LogP contribution >= 0.6 is 0 Å². The lowest BCUT2D eigenvalue weighted by molar-refractivity contribution is -0.118. The second-order valence-corrected chi connectivity index (χ2v) is 8.16. The Kier molecular flexibility index (Phi) is 4.60. The van der Waals surface area contributed by atoms with Gasteiger partial charge in [0.15, 0.2) is 5.65 Å². The highest BCUT2D eigenvalue weighted by molar-refractivity contribution is 5.91. The minimum atomic E-state index is -0.00300. The number of aromatic nitrogens is 3. The Morgan fingerprint density at radius 1 is 1.28 bits per heavy atom. The van der Waals surface area contributed by atoms with Crippen molar-refractivity contribution < 1.29 is 4.79 Å². The molecule has 0 aliphatic heterocycles. The number of imidazole rings is 1. The quantitative estimate of drug-likeness (QED) is 0.821. The molecule has 0 unspecified atom stereocenters. The topological polar surface area (TPSA) is 59.8 Å². The molecule has 5 nitrogen and oxygen atoms in total. The number of nitrogens with zero attached hydrogens (tertiary/aromatic N) is 3. The second-order valence-electron chi connectivity index (χ2n) is 8.16. The Morgan fingerprint density at radius 2 is 1.96 bits per heavy atom. The van der Waals surface area contributed by atoms with Gasteiger partial charge in [-0.05, 0) is 50.7 Å². The van der Waals surface area contributed by atoms with Crippen LogP contribution in [-0.2, 0) is 10.3 Å². The average Bonchev–Trinajstić information content (AvgIpc) is 2.89. The minimum absolute atomic E-state index is 0.00300. The highest BCUT2D eigenvalue weighted by atomic mass is 16.1. The molecule has 2 aromatic rings. The van der Waals surface area contributed by atoms with Crippen molar-refractivity contribution in [3.8, 4) is 0 Å². The van der Waals surface area contributed by atoms with Gasteiger partial charge in [0.2, 0.25) is 11.9 Å². The Balaban J connectivity index is 1.96. The molecule has 3 rings (SSSR count). The zero-order valence-electron chi connectivity index (χ0n) is 16.1. The Morgan fingerprint density at radius 3 is 2.52 bits per heavy atom. The normalized spacial score (nSPS) is 16.7. The molecular weight excluding hydrogens is 312 g/mol. The van der Waals surface area contributed by atoms with Crippen LogP contribution < -0.4 is 5.32 Å². The van der Waals surface area contributed by atoms with E-state index < -0.39 is 0 Å². The van der Waals surface area contributed by atoms with Gasteiger partial charge in [-0.1, -0.05) is 33.6 Å². The molecule has 2 aromatic heterocycles. The average molecular weight is 342 g/mol. The third-order valence-corrected chi connectivity index (χ3v) is 6.16. The molecule has 1 fully saturated rings. The van der Waals surface area contributed by atoms with Crippen molar-refractivity contribution in [2.45, 2.75) is 78.7 Å². The summed E-state index contributed by atoms with van der Waals surface area (Å²) in [6, 6.07) is 3.97. The fraction of sp³-hybridized carbons (Fsp3) is 0.650. The number of aryl methyl sites for hydroxylation is 1. The zero-order valence-corrected chi connectivity index (χ0v) is 16.1. The fourth-order valence-electron chi connectivity index (χ4n) is 3.62. The second kappa shape index (κ2) is 6.43. The first kappa shape index (κ1) is 17.9. The number of amides is 1. The molecule has 25 heavy (non-hydrogen) atoms. The lowest BCUT2D eigenvalue weighted by Gasteiger charge is -2.40.